The molecule has 9 nitrogen and oxygen atoms in total. The van der Waals surface area contributed by atoms with Gasteiger partial charge in [0.25, 0.3) is 5.69 Å². The number of methoxy groups -OCH3 is 1. The van der Waals surface area contributed by atoms with Crippen LogP contribution < -0.4 is 0 Å². The summed E-state index contributed by atoms with van der Waals surface area (Å²) in [5.74, 6) is -0.680. The molecule has 0 saturated heterocycles. The summed E-state index contributed by atoms with van der Waals surface area (Å²) in [4.78, 5) is 41.6. The number of amidine groups is 1. The van der Waals surface area contributed by atoms with Crippen LogP contribution in [0.15, 0.2) is 40.5 Å². The van der Waals surface area contributed by atoms with Crippen LogP contribution in [0.1, 0.15) is 32.4 Å². The molecular formula is C18H21N3O6S. The van der Waals surface area contributed by atoms with E-state index in [4.69, 9.17) is 9.47 Å². The Hall–Kier alpha value is -2.88. The normalized spacial score (nSPS) is 16.7. The standard InChI is InChI=1S/C18H21N3O6S/c1-10(2)27-18(23)20-15(12-7-6-8-13(9-12)21(24)25)14(16(22)26-4)11(3)19-17(20)28-5/h6-10,15H,1-5H3. The third kappa shape index (κ3) is 4.33. The van der Waals surface area contributed by atoms with Crippen molar-refractivity contribution in [3.63, 3.8) is 0 Å². The van der Waals surface area contributed by atoms with Crippen LogP contribution in [0.25, 0.3) is 0 Å². The van der Waals surface area contributed by atoms with E-state index < -0.39 is 29.1 Å². The van der Waals surface area contributed by atoms with E-state index in [9.17, 15) is 19.7 Å². The molecular weight excluding hydrogens is 386 g/mol. The number of esters is 1. The van der Waals surface area contributed by atoms with Crippen LogP contribution in [0, 0.1) is 10.1 Å². The Morgan fingerprint density at radius 1 is 1.36 bits per heavy atom. The molecule has 0 fully saturated rings. The van der Waals surface area contributed by atoms with Crippen LogP contribution >= 0.6 is 11.8 Å². The van der Waals surface area contributed by atoms with Gasteiger partial charge in [0.2, 0.25) is 0 Å². The number of carbonyl (C=O) groups is 2. The minimum Gasteiger partial charge on any atom is -0.466 e. The molecule has 0 saturated carbocycles. The van der Waals surface area contributed by atoms with Crippen LogP contribution in [-0.4, -0.2) is 46.5 Å². The van der Waals surface area contributed by atoms with Crippen LogP contribution in [0.3, 0.4) is 0 Å². The Morgan fingerprint density at radius 2 is 2.04 bits per heavy atom. The first kappa shape index (κ1) is 21.4. The fraction of sp³-hybridized carbons (Fsp3) is 0.389. The first-order chi connectivity index (χ1) is 13.2. The first-order valence-corrected chi connectivity index (χ1v) is 9.59. The molecule has 10 heteroatoms. The van der Waals surface area contributed by atoms with Gasteiger partial charge in [0.1, 0.15) is 6.04 Å². The molecule has 0 aromatic heterocycles. The van der Waals surface area contributed by atoms with Crippen molar-refractivity contribution in [1.29, 1.82) is 0 Å². The Balaban J connectivity index is 2.71. The Kier molecular flexibility index (Phi) is 6.79. The van der Waals surface area contributed by atoms with Gasteiger partial charge in [-0.2, -0.15) is 0 Å². The highest BCUT2D eigenvalue weighted by Crippen LogP contribution is 2.39. The molecule has 2 rings (SSSR count). The summed E-state index contributed by atoms with van der Waals surface area (Å²) in [7, 11) is 1.22. The predicted octanol–water partition coefficient (Wildman–Crippen LogP) is 3.66. The number of nitro benzene ring substituents is 1. The number of thioether (sulfide) groups is 1. The van der Waals surface area contributed by atoms with Crippen molar-refractivity contribution in [1.82, 2.24) is 4.90 Å². The Morgan fingerprint density at radius 3 is 2.57 bits per heavy atom. The smallest absolute Gasteiger partial charge is 0.417 e. The number of amides is 1. The summed E-state index contributed by atoms with van der Waals surface area (Å²) in [5.41, 5.74) is 0.684. The van der Waals surface area contributed by atoms with E-state index in [2.05, 4.69) is 4.99 Å². The van der Waals surface area contributed by atoms with E-state index in [0.29, 0.717) is 16.4 Å². The van der Waals surface area contributed by atoms with Crippen LogP contribution in [0.2, 0.25) is 0 Å². The van der Waals surface area contributed by atoms with E-state index in [1.165, 1.54) is 42.0 Å². The molecule has 1 atom stereocenters. The number of rotatable bonds is 4. The molecule has 0 N–H and O–H groups in total. The fourth-order valence-electron chi connectivity index (χ4n) is 2.77. The second-order valence-electron chi connectivity index (χ2n) is 6.15. The SMILES string of the molecule is COC(=O)C1=C(C)N=C(SC)N(C(=O)OC(C)C)C1c1cccc([N+](=O)[O-])c1. The quantitative estimate of drug-likeness (QED) is 0.425. The molecule has 0 bridgehead atoms. The Bertz CT molecular complexity index is 865. The van der Waals surface area contributed by atoms with Gasteiger partial charge in [0.15, 0.2) is 5.17 Å². The minimum absolute atomic E-state index is 0.113. The third-order valence-electron chi connectivity index (χ3n) is 3.91. The summed E-state index contributed by atoms with van der Waals surface area (Å²) in [6, 6.07) is 4.78. The molecule has 150 valence electrons. The highest BCUT2D eigenvalue weighted by atomic mass is 32.2. The van der Waals surface area contributed by atoms with Crippen molar-refractivity contribution in [3.8, 4) is 0 Å². The van der Waals surface area contributed by atoms with Crippen molar-refractivity contribution in [2.45, 2.75) is 32.9 Å². The molecule has 1 unspecified atom stereocenters. The third-order valence-corrected chi connectivity index (χ3v) is 4.56. The average Bonchev–Trinajstić information content (AvgIpc) is 2.65. The summed E-state index contributed by atoms with van der Waals surface area (Å²) in [5, 5.41) is 11.5. The molecule has 0 radical (unpaired) electrons. The van der Waals surface area contributed by atoms with Crippen molar-refractivity contribution >= 4 is 34.7 Å². The molecule has 28 heavy (non-hydrogen) atoms. The van der Waals surface area contributed by atoms with E-state index in [1.54, 1.807) is 33.1 Å². The number of nitrogens with zero attached hydrogens (tertiary/aromatic N) is 3. The van der Waals surface area contributed by atoms with Gasteiger partial charge in [-0.05, 0) is 32.6 Å². The zero-order valence-corrected chi connectivity index (χ0v) is 17.0. The maximum atomic E-state index is 12.8. The number of aliphatic imine (C=N–C) groups is 1. The van der Waals surface area contributed by atoms with E-state index >= 15 is 0 Å². The number of allylic oxidation sites excluding steroid dienone is 1. The largest absolute Gasteiger partial charge is 0.466 e. The van der Waals surface area contributed by atoms with Gasteiger partial charge < -0.3 is 9.47 Å². The van der Waals surface area contributed by atoms with Crippen molar-refractivity contribution in [2.24, 2.45) is 4.99 Å². The van der Waals surface area contributed by atoms with Crippen molar-refractivity contribution in [3.05, 3.63) is 51.2 Å². The second kappa shape index (κ2) is 8.87. The fourth-order valence-corrected chi connectivity index (χ4v) is 3.38. The number of hydrogen-bond donors (Lipinski definition) is 0. The van der Waals surface area contributed by atoms with Gasteiger partial charge >= 0.3 is 12.1 Å². The predicted molar refractivity (Wildman–Crippen MR) is 105 cm³/mol. The summed E-state index contributed by atoms with van der Waals surface area (Å²) < 4.78 is 10.2. The van der Waals surface area contributed by atoms with Crippen molar-refractivity contribution < 1.29 is 24.0 Å². The number of carbonyl (C=O) groups excluding carboxylic acids is 2. The van der Waals surface area contributed by atoms with Crippen LogP contribution in [0.4, 0.5) is 10.5 Å². The second-order valence-corrected chi connectivity index (χ2v) is 6.92. The van der Waals surface area contributed by atoms with Crippen LogP contribution in [0.5, 0.6) is 0 Å². The van der Waals surface area contributed by atoms with E-state index in [-0.39, 0.29) is 11.3 Å². The number of benzene rings is 1. The molecule has 1 amide bonds. The first-order valence-electron chi connectivity index (χ1n) is 8.37. The van der Waals surface area contributed by atoms with Gasteiger partial charge in [-0.1, -0.05) is 23.9 Å². The average molecular weight is 407 g/mol. The van der Waals surface area contributed by atoms with Gasteiger partial charge in [0, 0.05) is 12.1 Å². The molecule has 1 heterocycles. The molecule has 0 spiro atoms. The van der Waals surface area contributed by atoms with Gasteiger partial charge in [-0.3, -0.25) is 10.1 Å². The molecule has 1 aliphatic rings. The topological polar surface area (TPSA) is 111 Å². The summed E-state index contributed by atoms with van der Waals surface area (Å²) in [6.07, 6.45) is 0.610. The molecule has 0 aliphatic carbocycles. The highest BCUT2D eigenvalue weighted by molar-refractivity contribution is 8.13. The zero-order chi connectivity index (χ0) is 21.0. The van der Waals surface area contributed by atoms with Gasteiger partial charge in [0.05, 0.1) is 29.4 Å². The lowest BCUT2D eigenvalue weighted by Gasteiger charge is -2.35. The zero-order valence-electron chi connectivity index (χ0n) is 16.2. The van der Waals surface area contributed by atoms with Crippen molar-refractivity contribution in [2.75, 3.05) is 13.4 Å². The minimum atomic E-state index is -0.974. The monoisotopic (exact) mass is 407 g/mol. The molecule has 1 aliphatic heterocycles. The molecule has 1 aromatic rings. The van der Waals surface area contributed by atoms with E-state index in [0.717, 1.165) is 0 Å². The maximum Gasteiger partial charge on any atom is 0.417 e. The number of nitro groups is 1. The van der Waals surface area contributed by atoms with Gasteiger partial charge in [-0.25, -0.2) is 19.5 Å². The Labute approximate surface area is 166 Å². The molecule has 1 aromatic carbocycles. The summed E-state index contributed by atoms with van der Waals surface area (Å²) >= 11 is 1.20. The lowest BCUT2D eigenvalue weighted by Crippen LogP contribution is -2.44. The summed E-state index contributed by atoms with van der Waals surface area (Å²) in [6.45, 7) is 5.02. The van der Waals surface area contributed by atoms with Crippen LogP contribution in [-0.2, 0) is 14.3 Å². The van der Waals surface area contributed by atoms with Gasteiger partial charge in [-0.15, -0.1) is 0 Å². The lowest BCUT2D eigenvalue weighted by molar-refractivity contribution is -0.384. The van der Waals surface area contributed by atoms with E-state index in [1.807, 2.05) is 0 Å². The highest BCUT2D eigenvalue weighted by Gasteiger charge is 2.41. The number of non-ortho nitro benzene ring substituents is 1. The number of ether oxygens (including phenoxy) is 2. The lowest BCUT2D eigenvalue weighted by atomic mass is 9.94. The maximum absolute atomic E-state index is 12.8. The number of hydrogen-bond acceptors (Lipinski definition) is 8.